The van der Waals surface area contributed by atoms with Crippen LogP contribution in [0.15, 0.2) is 29.2 Å². The van der Waals surface area contributed by atoms with Crippen molar-refractivity contribution < 1.29 is 0 Å². The van der Waals surface area contributed by atoms with Gasteiger partial charge in [0.2, 0.25) is 0 Å². The SMILES string of the molecule is CCCNC(C)(C#N)CC(C)Sc1cccc(Cl)c1. The first-order chi connectivity index (χ1) is 8.99. The summed E-state index contributed by atoms with van der Waals surface area (Å²) in [6.45, 7) is 7.10. The van der Waals surface area contributed by atoms with Crippen LogP contribution in [0.1, 0.15) is 33.6 Å². The van der Waals surface area contributed by atoms with E-state index in [0.29, 0.717) is 5.25 Å². The lowest BCUT2D eigenvalue weighted by molar-refractivity contribution is 0.418. The van der Waals surface area contributed by atoms with Gasteiger partial charge in [0.25, 0.3) is 0 Å². The van der Waals surface area contributed by atoms with Gasteiger partial charge in [0, 0.05) is 15.2 Å². The van der Waals surface area contributed by atoms with Gasteiger partial charge >= 0.3 is 0 Å². The number of nitrogens with one attached hydrogen (secondary N) is 1. The van der Waals surface area contributed by atoms with Gasteiger partial charge in [-0.05, 0) is 44.5 Å². The van der Waals surface area contributed by atoms with Gasteiger partial charge in [-0.15, -0.1) is 11.8 Å². The molecule has 0 fully saturated rings. The van der Waals surface area contributed by atoms with Crippen LogP contribution in [0.4, 0.5) is 0 Å². The van der Waals surface area contributed by atoms with Crippen LogP contribution in [0, 0.1) is 11.3 Å². The fourth-order valence-corrected chi connectivity index (χ4v) is 3.44. The molecule has 1 rings (SSSR count). The molecular weight excluding hydrogens is 276 g/mol. The molecule has 0 spiro atoms. The number of hydrogen-bond donors (Lipinski definition) is 1. The molecule has 0 amide bonds. The second-order valence-corrected chi connectivity index (χ2v) is 6.91. The summed E-state index contributed by atoms with van der Waals surface area (Å²) >= 11 is 7.74. The molecule has 1 aromatic rings. The minimum Gasteiger partial charge on any atom is -0.300 e. The van der Waals surface area contributed by atoms with E-state index in [1.165, 1.54) is 0 Å². The van der Waals surface area contributed by atoms with Gasteiger partial charge in [-0.25, -0.2) is 0 Å². The maximum absolute atomic E-state index is 9.33. The second-order valence-electron chi connectivity index (χ2n) is 4.96. The first-order valence-electron chi connectivity index (χ1n) is 6.57. The number of thioether (sulfide) groups is 1. The van der Waals surface area contributed by atoms with E-state index in [9.17, 15) is 5.26 Å². The molecule has 1 N–H and O–H groups in total. The van der Waals surface area contributed by atoms with Gasteiger partial charge in [-0.2, -0.15) is 5.26 Å². The van der Waals surface area contributed by atoms with Gasteiger partial charge in [0.1, 0.15) is 5.54 Å². The van der Waals surface area contributed by atoms with E-state index in [0.717, 1.165) is 29.3 Å². The van der Waals surface area contributed by atoms with Crippen LogP contribution in [0.25, 0.3) is 0 Å². The Kier molecular flexibility index (Phi) is 6.71. The molecule has 104 valence electrons. The molecule has 0 heterocycles. The minimum atomic E-state index is -0.457. The maximum Gasteiger partial charge on any atom is 0.104 e. The zero-order valence-electron chi connectivity index (χ0n) is 11.7. The van der Waals surface area contributed by atoms with Crippen molar-refractivity contribution in [3.63, 3.8) is 0 Å². The number of rotatable bonds is 7. The highest BCUT2D eigenvalue weighted by atomic mass is 35.5. The lowest BCUT2D eigenvalue weighted by Crippen LogP contribution is -2.43. The van der Waals surface area contributed by atoms with E-state index in [1.807, 2.05) is 25.1 Å². The molecule has 2 unspecified atom stereocenters. The van der Waals surface area contributed by atoms with Crippen molar-refractivity contribution in [1.82, 2.24) is 5.32 Å². The average Bonchev–Trinajstić information content (AvgIpc) is 2.36. The Labute approximate surface area is 125 Å². The molecule has 0 aliphatic heterocycles. The Hall–Kier alpha value is -0.690. The van der Waals surface area contributed by atoms with Gasteiger partial charge in [-0.1, -0.05) is 31.5 Å². The van der Waals surface area contributed by atoms with Crippen LogP contribution in [0.3, 0.4) is 0 Å². The molecular formula is C15H21ClN2S. The summed E-state index contributed by atoms with van der Waals surface area (Å²) < 4.78 is 0. The van der Waals surface area contributed by atoms with Crippen molar-refractivity contribution in [2.45, 2.75) is 49.3 Å². The van der Waals surface area contributed by atoms with Crippen molar-refractivity contribution in [2.75, 3.05) is 6.54 Å². The third-order valence-corrected chi connectivity index (χ3v) is 4.17. The van der Waals surface area contributed by atoms with E-state index < -0.39 is 5.54 Å². The number of hydrogen-bond acceptors (Lipinski definition) is 3. The lowest BCUT2D eigenvalue weighted by Gasteiger charge is -2.26. The number of nitriles is 1. The Bertz CT molecular complexity index is 444. The summed E-state index contributed by atoms with van der Waals surface area (Å²) in [4.78, 5) is 1.15. The summed E-state index contributed by atoms with van der Waals surface area (Å²) in [6.07, 6.45) is 1.84. The Morgan fingerprint density at radius 1 is 1.53 bits per heavy atom. The molecule has 0 aliphatic rings. The third-order valence-electron chi connectivity index (χ3n) is 2.84. The molecule has 0 saturated carbocycles. The Morgan fingerprint density at radius 2 is 2.26 bits per heavy atom. The first-order valence-corrected chi connectivity index (χ1v) is 7.83. The van der Waals surface area contributed by atoms with E-state index in [4.69, 9.17) is 11.6 Å². The van der Waals surface area contributed by atoms with Crippen LogP contribution in [-0.4, -0.2) is 17.3 Å². The van der Waals surface area contributed by atoms with Crippen LogP contribution in [0.5, 0.6) is 0 Å². The predicted molar refractivity (Wildman–Crippen MR) is 83.7 cm³/mol. The highest BCUT2D eigenvalue weighted by Crippen LogP contribution is 2.30. The van der Waals surface area contributed by atoms with Crippen molar-refractivity contribution >= 4 is 23.4 Å². The molecule has 0 bridgehead atoms. The van der Waals surface area contributed by atoms with E-state index in [2.05, 4.69) is 31.3 Å². The molecule has 2 atom stereocenters. The molecule has 1 aromatic carbocycles. The Balaban J connectivity index is 2.58. The zero-order chi connectivity index (χ0) is 14.3. The summed E-state index contributed by atoms with van der Waals surface area (Å²) in [5, 5.41) is 13.8. The highest BCUT2D eigenvalue weighted by Gasteiger charge is 2.25. The smallest absolute Gasteiger partial charge is 0.104 e. The van der Waals surface area contributed by atoms with Crippen molar-refractivity contribution in [3.05, 3.63) is 29.3 Å². The monoisotopic (exact) mass is 296 g/mol. The number of benzene rings is 1. The standard InChI is InChI=1S/C15H21ClN2S/c1-4-8-18-15(3,11-17)10-12(2)19-14-7-5-6-13(16)9-14/h5-7,9,12,18H,4,8,10H2,1-3H3. The zero-order valence-corrected chi connectivity index (χ0v) is 13.3. The molecule has 4 heteroatoms. The Morgan fingerprint density at radius 3 is 2.84 bits per heavy atom. The van der Waals surface area contributed by atoms with Crippen LogP contribution < -0.4 is 5.32 Å². The normalized spacial score (nSPS) is 15.5. The summed E-state index contributed by atoms with van der Waals surface area (Å²) in [6, 6.07) is 10.2. The lowest BCUT2D eigenvalue weighted by atomic mass is 9.98. The molecule has 0 aliphatic carbocycles. The summed E-state index contributed by atoms with van der Waals surface area (Å²) in [5.41, 5.74) is -0.457. The van der Waals surface area contributed by atoms with Gasteiger partial charge in [0.15, 0.2) is 0 Å². The van der Waals surface area contributed by atoms with Crippen molar-refractivity contribution in [1.29, 1.82) is 5.26 Å². The molecule has 2 nitrogen and oxygen atoms in total. The molecule has 0 saturated heterocycles. The van der Waals surface area contributed by atoms with Crippen molar-refractivity contribution in [3.8, 4) is 6.07 Å². The molecule has 0 aromatic heterocycles. The van der Waals surface area contributed by atoms with Crippen LogP contribution in [0.2, 0.25) is 5.02 Å². The van der Waals surface area contributed by atoms with E-state index in [1.54, 1.807) is 11.8 Å². The average molecular weight is 297 g/mol. The molecule has 19 heavy (non-hydrogen) atoms. The van der Waals surface area contributed by atoms with Crippen LogP contribution >= 0.6 is 23.4 Å². The number of halogens is 1. The number of nitrogens with zero attached hydrogens (tertiary/aromatic N) is 1. The fourth-order valence-electron chi connectivity index (χ4n) is 1.95. The fraction of sp³-hybridized carbons (Fsp3) is 0.533. The summed E-state index contributed by atoms with van der Waals surface area (Å²) in [7, 11) is 0. The van der Waals surface area contributed by atoms with Crippen molar-refractivity contribution in [2.24, 2.45) is 0 Å². The largest absolute Gasteiger partial charge is 0.300 e. The third kappa shape index (κ3) is 5.86. The maximum atomic E-state index is 9.33. The summed E-state index contributed by atoms with van der Waals surface area (Å²) in [5.74, 6) is 0. The van der Waals surface area contributed by atoms with Crippen LogP contribution in [-0.2, 0) is 0 Å². The predicted octanol–water partition coefficient (Wildman–Crippen LogP) is 4.49. The highest BCUT2D eigenvalue weighted by molar-refractivity contribution is 8.00. The quantitative estimate of drug-likeness (QED) is 0.753. The topological polar surface area (TPSA) is 35.8 Å². The van der Waals surface area contributed by atoms with Gasteiger partial charge in [-0.3, -0.25) is 5.32 Å². The minimum absolute atomic E-state index is 0.354. The van der Waals surface area contributed by atoms with Gasteiger partial charge < -0.3 is 0 Å². The van der Waals surface area contributed by atoms with E-state index >= 15 is 0 Å². The first kappa shape index (κ1) is 16.4. The van der Waals surface area contributed by atoms with E-state index in [-0.39, 0.29) is 0 Å². The molecule has 0 radical (unpaired) electrons. The second kappa shape index (κ2) is 7.79. The van der Waals surface area contributed by atoms with Gasteiger partial charge in [0.05, 0.1) is 6.07 Å².